The first kappa shape index (κ1) is 14.0. The molecule has 0 saturated heterocycles. The van der Waals surface area contributed by atoms with Gasteiger partial charge in [-0.25, -0.2) is 0 Å². The summed E-state index contributed by atoms with van der Waals surface area (Å²) in [5, 5.41) is 8.84. The number of hydrogen-bond acceptors (Lipinski definition) is 3. The van der Waals surface area contributed by atoms with Crippen molar-refractivity contribution in [2.75, 3.05) is 6.54 Å². The van der Waals surface area contributed by atoms with Gasteiger partial charge in [0.1, 0.15) is 0 Å². The van der Waals surface area contributed by atoms with Crippen molar-refractivity contribution in [1.29, 1.82) is 0 Å². The zero-order valence-corrected chi connectivity index (χ0v) is 12.1. The predicted molar refractivity (Wildman–Crippen MR) is 83.8 cm³/mol. The van der Waals surface area contributed by atoms with Crippen molar-refractivity contribution in [2.24, 2.45) is 0 Å². The van der Waals surface area contributed by atoms with Crippen LogP contribution in [-0.4, -0.2) is 23.5 Å². The van der Waals surface area contributed by atoms with Crippen LogP contribution in [0.2, 0.25) is 0 Å². The zero-order chi connectivity index (χ0) is 14.5. The lowest BCUT2D eigenvalue weighted by molar-refractivity contribution is -0.121. The summed E-state index contributed by atoms with van der Waals surface area (Å²) >= 11 is 0. The van der Waals surface area contributed by atoms with Crippen molar-refractivity contribution < 1.29 is 4.79 Å². The fourth-order valence-corrected chi connectivity index (χ4v) is 2.47. The second-order valence-corrected chi connectivity index (χ2v) is 5.64. The SMILES string of the molecule is O=C(CCCNCc1cccc2cnccc12)NC1CC1. The molecule has 0 unspecified atom stereocenters. The van der Waals surface area contributed by atoms with E-state index >= 15 is 0 Å². The molecule has 1 aromatic heterocycles. The lowest BCUT2D eigenvalue weighted by Crippen LogP contribution is -2.26. The van der Waals surface area contributed by atoms with Gasteiger partial charge in [-0.2, -0.15) is 0 Å². The van der Waals surface area contributed by atoms with Crippen LogP contribution in [0.25, 0.3) is 10.8 Å². The van der Waals surface area contributed by atoms with Crippen LogP contribution in [0.3, 0.4) is 0 Å². The molecule has 3 rings (SSSR count). The van der Waals surface area contributed by atoms with Gasteiger partial charge in [-0.15, -0.1) is 0 Å². The Kier molecular flexibility index (Phi) is 4.46. The van der Waals surface area contributed by atoms with Gasteiger partial charge >= 0.3 is 0 Å². The molecule has 110 valence electrons. The number of carbonyl (C=O) groups excluding carboxylic acids is 1. The number of aromatic nitrogens is 1. The van der Waals surface area contributed by atoms with E-state index < -0.39 is 0 Å². The van der Waals surface area contributed by atoms with Crippen molar-refractivity contribution in [3.05, 3.63) is 42.2 Å². The molecule has 0 aliphatic heterocycles. The number of nitrogens with one attached hydrogen (secondary N) is 2. The first-order valence-electron chi connectivity index (χ1n) is 7.64. The summed E-state index contributed by atoms with van der Waals surface area (Å²) in [4.78, 5) is 15.7. The maximum atomic E-state index is 11.6. The topological polar surface area (TPSA) is 54.0 Å². The van der Waals surface area contributed by atoms with E-state index in [9.17, 15) is 4.79 Å². The van der Waals surface area contributed by atoms with E-state index in [1.54, 1.807) is 0 Å². The molecule has 1 aliphatic carbocycles. The van der Waals surface area contributed by atoms with Gasteiger partial charge in [0.25, 0.3) is 0 Å². The number of fused-ring (bicyclic) bond motifs is 1. The molecule has 1 saturated carbocycles. The molecule has 1 aliphatic rings. The summed E-state index contributed by atoms with van der Waals surface area (Å²) in [6, 6.07) is 8.79. The van der Waals surface area contributed by atoms with E-state index in [0.29, 0.717) is 12.5 Å². The van der Waals surface area contributed by atoms with Crippen LogP contribution >= 0.6 is 0 Å². The fourth-order valence-electron chi connectivity index (χ4n) is 2.47. The van der Waals surface area contributed by atoms with Gasteiger partial charge in [-0.05, 0) is 42.8 Å². The van der Waals surface area contributed by atoms with Crippen molar-refractivity contribution >= 4 is 16.7 Å². The molecule has 1 amide bonds. The smallest absolute Gasteiger partial charge is 0.220 e. The molecular weight excluding hydrogens is 262 g/mol. The monoisotopic (exact) mass is 283 g/mol. The molecule has 0 bridgehead atoms. The molecule has 1 heterocycles. The Balaban J connectivity index is 1.43. The van der Waals surface area contributed by atoms with E-state index in [2.05, 4.69) is 39.9 Å². The molecule has 4 heteroatoms. The van der Waals surface area contributed by atoms with E-state index in [1.165, 1.54) is 16.3 Å². The highest BCUT2D eigenvalue weighted by atomic mass is 16.1. The summed E-state index contributed by atoms with van der Waals surface area (Å²) in [6.45, 7) is 1.69. The maximum absolute atomic E-state index is 11.6. The standard InChI is InChI=1S/C17H21N3O/c21-17(20-15-6-7-15)5-2-9-18-11-13-3-1-4-14-12-19-10-8-16(13)14/h1,3-4,8,10,12,15,18H,2,5-7,9,11H2,(H,20,21). The Morgan fingerprint density at radius 2 is 2.19 bits per heavy atom. The Bertz CT molecular complexity index is 617. The third-order valence-corrected chi connectivity index (χ3v) is 3.79. The quantitative estimate of drug-likeness (QED) is 0.767. The maximum Gasteiger partial charge on any atom is 0.220 e. The van der Waals surface area contributed by atoms with Crippen molar-refractivity contribution in [3.63, 3.8) is 0 Å². The third kappa shape index (κ3) is 4.02. The number of nitrogens with zero attached hydrogens (tertiary/aromatic N) is 1. The van der Waals surface area contributed by atoms with Crippen LogP contribution in [0.5, 0.6) is 0 Å². The number of hydrogen-bond donors (Lipinski definition) is 2. The van der Waals surface area contributed by atoms with E-state index in [-0.39, 0.29) is 5.91 Å². The zero-order valence-electron chi connectivity index (χ0n) is 12.1. The average Bonchev–Trinajstić information content (AvgIpc) is 3.31. The summed E-state index contributed by atoms with van der Waals surface area (Å²) in [7, 11) is 0. The van der Waals surface area contributed by atoms with E-state index in [4.69, 9.17) is 0 Å². The lowest BCUT2D eigenvalue weighted by atomic mass is 10.1. The van der Waals surface area contributed by atoms with Gasteiger partial charge in [0, 0.05) is 36.8 Å². The average molecular weight is 283 g/mol. The summed E-state index contributed by atoms with van der Waals surface area (Å²) < 4.78 is 0. The highest BCUT2D eigenvalue weighted by Gasteiger charge is 2.22. The van der Waals surface area contributed by atoms with E-state index in [1.807, 2.05) is 12.4 Å². The largest absolute Gasteiger partial charge is 0.353 e. The fraction of sp³-hybridized carbons (Fsp3) is 0.412. The van der Waals surface area contributed by atoms with Crippen molar-refractivity contribution in [3.8, 4) is 0 Å². The third-order valence-electron chi connectivity index (χ3n) is 3.79. The van der Waals surface area contributed by atoms with Gasteiger partial charge in [0.05, 0.1) is 0 Å². The van der Waals surface area contributed by atoms with Gasteiger partial charge in [-0.3, -0.25) is 9.78 Å². The predicted octanol–water partition coefficient (Wildman–Crippen LogP) is 2.38. The van der Waals surface area contributed by atoms with Crippen LogP contribution in [0.15, 0.2) is 36.7 Å². The van der Waals surface area contributed by atoms with Crippen LogP contribution < -0.4 is 10.6 Å². The van der Waals surface area contributed by atoms with Crippen molar-refractivity contribution in [2.45, 2.75) is 38.3 Å². The van der Waals surface area contributed by atoms with E-state index in [0.717, 1.165) is 32.4 Å². The highest BCUT2D eigenvalue weighted by molar-refractivity contribution is 5.84. The van der Waals surface area contributed by atoms with Crippen LogP contribution in [0.4, 0.5) is 0 Å². The minimum Gasteiger partial charge on any atom is -0.353 e. The first-order valence-corrected chi connectivity index (χ1v) is 7.64. The minimum absolute atomic E-state index is 0.190. The number of amides is 1. The summed E-state index contributed by atoms with van der Waals surface area (Å²) in [5.74, 6) is 0.190. The molecule has 2 aromatic rings. The molecule has 4 nitrogen and oxygen atoms in total. The van der Waals surface area contributed by atoms with Crippen LogP contribution in [0.1, 0.15) is 31.2 Å². The molecular formula is C17H21N3O. The Morgan fingerprint density at radius 1 is 1.29 bits per heavy atom. The molecule has 0 radical (unpaired) electrons. The first-order chi connectivity index (χ1) is 10.3. The summed E-state index contributed by atoms with van der Waals surface area (Å²) in [5.41, 5.74) is 1.28. The second-order valence-electron chi connectivity index (χ2n) is 5.64. The molecule has 1 fully saturated rings. The second kappa shape index (κ2) is 6.68. The molecule has 2 N–H and O–H groups in total. The molecule has 0 atom stereocenters. The molecule has 1 aromatic carbocycles. The number of rotatable bonds is 7. The number of pyridine rings is 1. The number of carbonyl (C=O) groups is 1. The van der Waals surface area contributed by atoms with Crippen LogP contribution in [0, 0.1) is 0 Å². The highest BCUT2D eigenvalue weighted by Crippen LogP contribution is 2.19. The van der Waals surface area contributed by atoms with Crippen molar-refractivity contribution in [1.82, 2.24) is 15.6 Å². The normalized spacial score (nSPS) is 14.3. The van der Waals surface area contributed by atoms with Gasteiger partial charge in [0.15, 0.2) is 0 Å². The Hall–Kier alpha value is -1.94. The molecule has 21 heavy (non-hydrogen) atoms. The van der Waals surface area contributed by atoms with Gasteiger partial charge in [-0.1, -0.05) is 18.2 Å². The van der Waals surface area contributed by atoms with Crippen LogP contribution in [-0.2, 0) is 11.3 Å². The minimum atomic E-state index is 0.190. The lowest BCUT2D eigenvalue weighted by Gasteiger charge is -2.08. The van der Waals surface area contributed by atoms with Gasteiger partial charge < -0.3 is 10.6 Å². The van der Waals surface area contributed by atoms with Gasteiger partial charge in [0.2, 0.25) is 5.91 Å². The number of benzene rings is 1. The summed E-state index contributed by atoms with van der Waals surface area (Å²) in [6.07, 6.45) is 7.52. The Morgan fingerprint density at radius 3 is 3.05 bits per heavy atom. The Labute approximate surface area is 125 Å². The molecule has 0 spiro atoms.